The Morgan fingerprint density at radius 2 is 2.00 bits per heavy atom. The van der Waals surface area contributed by atoms with E-state index in [1.165, 1.54) is 4.68 Å². The Hall–Kier alpha value is -2.10. The van der Waals surface area contributed by atoms with E-state index in [4.69, 9.17) is 5.11 Å². The van der Waals surface area contributed by atoms with Crippen LogP contribution < -0.4 is 0 Å². The molecule has 16 heavy (non-hydrogen) atoms. The van der Waals surface area contributed by atoms with E-state index in [1.54, 1.807) is 13.1 Å². The van der Waals surface area contributed by atoms with Gasteiger partial charge in [-0.25, -0.2) is 4.79 Å². The van der Waals surface area contributed by atoms with Gasteiger partial charge in [0.05, 0.1) is 5.69 Å². The predicted octanol–water partition coefficient (Wildman–Crippen LogP) is 2.20. The normalized spacial score (nSPS) is 12.3. The van der Waals surface area contributed by atoms with Crippen molar-refractivity contribution in [2.24, 2.45) is 0 Å². The molecule has 0 bridgehead atoms. The molecule has 82 valence electrons. The molecule has 1 heterocycles. The molecule has 0 aliphatic carbocycles. The summed E-state index contributed by atoms with van der Waals surface area (Å²) in [7, 11) is 0. The Balaban J connectivity index is 2.30. The Bertz CT molecular complexity index is 491. The maximum Gasteiger partial charge on any atom is 0.328 e. The number of carbonyl (C=O) groups is 1. The smallest absolute Gasteiger partial charge is 0.328 e. The highest BCUT2D eigenvalue weighted by Crippen LogP contribution is 2.17. The van der Waals surface area contributed by atoms with Crippen LogP contribution in [0.2, 0.25) is 0 Å². The summed E-state index contributed by atoms with van der Waals surface area (Å²) < 4.78 is 1.45. The Labute approximate surface area is 93.1 Å². The summed E-state index contributed by atoms with van der Waals surface area (Å²) in [5.41, 5.74) is 1.77. The first-order valence-electron chi connectivity index (χ1n) is 5.02. The first kappa shape index (κ1) is 10.4. The summed E-state index contributed by atoms with van der Waals surface area (Å²) in [6.45, 7) is 1.60. The summed E-state index contributed by atoms with van der Waals surface area (Å²) in [6, 6.07) is 10.8. The molecule has 0 radical (unpaired) electrons. The summed E-state index contributed by atoms with van der Waals surface area (Å²) in [5.74, 6) is -0.886. The van der Waals surface area contributed by atoms with Crippen LogP contribution in [0.15, 0.2) is 42.6 Å². The molecule has 0 spiro atoms. The molecule has 4 heteroatoms. The fourth-order valence-electron chi connectivity index (χ4n) is 1.43. The van der Waals surface area contributed by atoms with Crippen LogP contribution in [0.1, 0.15) is 13.0 Å². The zero-order valence-corrected chi connectivity index (χ0v) is 8.87. The lowest BCUT2D eigenvalue weighted by atomic mass is 10.2. The minimum absolute atomic E-state index is 0.641. The zero-order valence-electron chi connectivity index (χ0n) is 8.87. The number of hydrogen-bond donors (Lipinski definition) is 1. The van der Waals surface area contributed by atoms with E-state index in [-0.39, 0.29) is 0 Å². The molecule has 2 rings (SSSR count). The van der Waals surface area contributed by atoms with E-state index < -0.39 is 12.0 Å². The quantitative estimate of drug-likeness (QED) is 0.855. The van der Waals surface area contributed by atoms with Crippen LogP contribution in [0, 0.1) is 0 Å². The van der Waals surface area contributed by atoms with Crippen LogP contribution in [0.4, 0.5) is 0 Å². The second kappa shape index (κ2) is 4.18. The second-order valence-electron chi connectivity index (χ2n) is 3.56. The van der Waals surface area contributed by atoms with Crippen LogP contribution in [0.25, 0.3) is 11.3 Å². The van der Waals surface area contributed by atoms with Crippen molar-refractivity contribution in [3.8, 4) is 11.3 Å². The molecule has 0 saturated heterocycles. The van der Waals surface area contributed by atoms with Gasteiger partial charge in [-0.2, -0.15) is 5.10 Å². The average Bonchev–Trinajstić information content (AvgIpc) is 2.78. The molecule has 1 atom stereocenters. The van der Waals surface area contributed by atoms with Gasteiger partial charge in [0.15, 0.2) is 0 Å². The van der Waals surface area contributed by atoms with Crippen molar-refractivity contribution in [1.29, 1.82) is 0 Å². The van der Waals surface area contributed by atoms with Crippen molar-refractivity contribution < 1.29 is 9.90 Å². The van der Waals surface area contributed by atoms with Gasteiger partial charge in [0, 0.05) is 11.8 Å². The molecule has 0 amide bonds. The molecular formula is C12H12N2O2. The molecule has 1 aromatic heterocycles. The topological polar surface area (TPSA) is 55.1 Å². The molecule has 0 aliphatic rings. The summed E-state index contributed by atoms with van der Waals surface area (Å²) >= 11 is 0. The molecule has 0 saturated carbocycles. The Kier molecular flexibility index (Phi) is 2.72. The SMILES string of the molecule is CC(C(=O)O)n1ccc(-c2ccccc2)n1. The van der Waals surface area contributed by atoms with Crippen molar-refractivity contribution in [1.82, 2.24) is 9.78 Å². The van der Waals surface area contributed by atoms with Crippen LogP contribution >= 0.6 is 0 Å². The minimum atomic E-state index is -0.886. The number of aliphatic carboxylic acids is 1. The van der Waals surface area contributed by atoms with Gasteiger partial charge in [-0.15, -0.1) is 0 Å². The van der Waals surface area contributed by atoms with Crippen molar-refractivity contribution >= 4 is 5.97 Å². The lowest BCUT2D eigenvalue weighted by molar-refractivity contribution is -0.140. The van der Waals surface area contributed by atoms with Crippen molar-refractivity contribution in [2.75, 3.05) is 0 Å². The van der Waals surface area contributed by atoms with Crippen LogP contribution in [0.5, 0.6) is 0 Å². The van der Waals surface area contributed by atoms with Gasteiger partial charge in [-0.05, 0) is 13.0 Å². The van der Waals surface area contributed by atoms with Gasteiger partial charge in [0.25, 0.3) is 0 Å². The van der Waals surface area contributed by atoms with Crippen molar-refractivity contribution in [2.45, 2.75) is 13.0 Å². The standard InChI is InChI=1S/C12H12N2O2/c1-9(12(15)16)14-8-7-11(13-14)10-5-3-2-4-6-10/h2-9H,1H3,(H,15,16). The van der Waals surface area contributed by atoms with E-state index in [0.717, 1.165) is 11.3 Å². The maximum absolute atomic E-state index is 10.8. The highest BCUT2D eigenvalue weighted by atomic mass is 16.4. The van der Waals surface area contributed by atoms with E-state index in [2.05, 4.69) is 5.10 Å². The lowest BCUT2D eigenvalue weighted by Gasteiger charge is -2.05. The highest BCUT2D eigenvalue weighted by Gasteiger charge is 2.14. The summed E-state index contributed by atoms with van der Waals surface area (Å²) in [6.07, 6.45) is 1.68. The fourth-order valence-corrected chi connectivity index (χ4v) is 1.43. The summed E-state index contributed by atoms with van der Waals surface area (Å²) in [5, 5.41) is 13.1. The van der Waals surface area contributed by atoms with Crippen molar-refractivity contribution in [3.05, 3.63) is 42.6 Å². The third-order valence-corrected chi connectivity index (χ3v) is 2.43. The maximum atomic E-state index is 10.8. The van der Waals surface area contributed by atoms with Gasteiger partial charge in [0.1, 0.15) is 6.04 Å². The highest BCUT2D eigenvalue weighted by molar-refractivity contribution is 5.71. The van der Waals surface area contributed by atoms with E-state index in [0.29, 0.717) is 0 Å². The van der Waals surface area contributed by atoms with E-state index >= 15 is 0 Å². The second-order valence-corrected chi connectivity index (χ2v) is 3.56. The minimum Gasteiger partial charge on any atom is -0.480 e. The number of nitrogens with zero attached hydrogens (tertiary/aromatic N) is 2. The van der Waals surface area contributed by atoms with Crippen LogP contribution in [0.3, 0.4) is 0 Å². The van der Waals surface area contributed by atoms with Crippen LogP contribution in [-0.2, 0) is 4.79 Å². The molecule has 2 aromatic rings. The van der Waals surface area contributed by atoms with Gasteiger partial charge < -0.3 is 5.11 Å². The van der Waals surface area contributed by atoms with Crippen LogP contribution in [-0.4, -0.2) is 20.9 Å². The predicted molar refractivity (Wildman–Crippen MR) is 60.0 cm³/mol. The molecule has 0 aliphatic heterocycles. The zero-order chi connectivity index (χ0) is 11.5. The number of hydrogen-bond acceptors (Lipinski definition) is 2. The average molecular weight is 216 g/mol. The largest absolute Gasteiger partial charge is 0.480 e. The molecular weight excluding hydrogens is 204 g/mol. The number of aromatic nitrogens is 2. The number of carboxylic acids is 1. The molecule has 1 unspecified atom stereocenters. The third-order valence-electron chi connectivity index (χ3n) is 2.43. The van der Waals surface area contributed by atoms with Gasteiger partial charge in [0.2, 0.25) is 0 Å². The molecule has 1 N–H and O–H groups in total. The molecule has 0 fully saturated rings. The Morgan fingerprint density at radius 1 is 1.31 bits per heavy atom. The first-order valence-corrected chi connectivity index (χ1v) is 5.02. The summed E-state index contributed by atoms with van der Waals surface area (Å²) in [4.78, 5) is 10.8. The first-order chi connectivity index (χ1) is 7.68. The van der Waals surface area contributed by atoms with Crippen molar-refractivity contribution in [3.63, 3.8) is 0 Å². The van der Waals surface area contributed by atoms with E-state index in [9.17, 15) is 4.79 Å². The van der Waals surface area contributed by atoms with Gasteiger partial charge >= 0.3 is 5.97 Å². The van der Waals surface area contributed by atoms with Gasteiger partial charge in [-0.1, -0.05) is 30.3 Å². The fraction of sp³-hybridized carbons (Fsp3) is 0.167. The number of carboxylic acid groups (broad SMARTS) is 1. The Morgan fingerprint density at radius 3 is 2.62 bits per heavy atom. The number of benzene rings is 1. The molecule has 1 aromatic carbocycles. The molecule has 4 nitrogen and oxygen atoms in total. The number of rotatable bonds is 3. The van der Waals surface area contributed by atoms with Gasteiger partial charge in [-0.3, -0.25) is 4.68 Å². The lowest BCUT2D eigenvalue weighted by Crippen LogP contribution is -2.15. The third kappa shape index (κ3) is 1.95. The van der Waals surface area contributed by atoms with E-state index in [1.807, 2.05) is 36.4 Å². The monoisotopic (exact) mass is 216 g/mol.